The van der Waals surface area contributed by atoms with Crippen molar-refractivity contribution in [1.82, 2.24) is 19.9 Å². The molecule has 7 nitrogen and oxygen atoms in total. The Morgan fingerprint density at radius 1 is 1.00 bits per heavy atom. The van der Waals surface area contributed by atoms with Gasteiger partial charge in [-0.3, -0.25) is 4.79 Å². The number of aromatic nitrogens is 4. The molecule has 0 radical (unpaired) electrons. The first-order valence-electron chi connectivity index (χ1n) is 9.01. The normalized spacial score (nSPS) is 10.7. The Hall–Kier alpha value is -3.74. The van der Waals surface area contributed by atoms with Crippen molar-refractivity contribution in [3.8, 4) is 11.4 Å². The maximum Gasteiger partial charge on any atom is 0.227 e. The molecule has 2 aromatic heterocycles. The van der Waals surface area contributed by atoms with E-state index in [0.717, 1.165) is 11.1 Å². The lowest BCUT2D eigenvalue weighted by atomic mass is 10.2. The number of aryl methyl sites for hydroxylation is 1. The van der Waals surface area contributed by atoms with Crippen LogP contribution in [0, 0.1) is 0 Å². The smallest absolute Gasteiger partial charge is 0.227 e. The summed E-state index contributed by atoms with van der Waals surface area (Å²) in [6, 6.07) is 21.3. The summed E-state index contributed by atoms with van der Waals surface area (Å²) in [6.45, 7) is 0.591. The molecular weight excluding hydrogens is 354 g/mol. The molecule has 0 aliphatic heterocycles. The summed E-state index contributed by atoms with van der Waals surface area (Å²) < 4.78 is 7.01. The van der Waals surface area contributed by atoms with Crippen molar-refractivity contribution in [3.05, 3.63) is 84.4 Å². The second-order valence-corrected chi connectivity index (χ2v) is 6.29. The number of amides is 1. The van der Waals surface area contributed by atoms with Gasteiger partial charge < -0.3 is 9.84 Å². The fourth-order valence-corrected chi connectivity index (χ4v) is 2.81. The van der Waals surface area contributed by atoms with Crippen LogP contribution in [0.4, 0.5) is 5.82 Å². The van der Waals surface area contributed by atoms with Crippen LogP contribution in [0.1, 0.15) is 17.9 Å². The maximum atomic E-state index is 12.3. The standard InChI is InChI=1S/C21H19N5O2/c27-19(11-12-20-24-21(25-28-20)17-9-5-2-6-10-17)23-18-13-14-22-26(18)15-16-7-3-1-4-8-16/h1-10,13-14H,11-12,15H2,(H,23,27). The number of nitrogens with zero attached hydrogens (tertiary/aromatic N) is 4. The summed E-state index contributed by atoms with van der Waals surface area (Å²) in [5.41, 5.74) is 1.99. The van der Waals surface area contributed by atoms with Crippen LogP contribution >= 0.6 is 0 Å². The van der Waals surface area contributed by atoms with Gasteiger partial charge in [0, 0.05) is 24.5 Å². The van der Waals surface area contributed by atoms with Crippen LogP contribution < -0.4 is 5.32 Å². The van der Waals surface area contributed by atoms with Crippen LogP contribution in [0.5, 0.6) is 0 Å². The number of benzene rings is 2. The molecule has 4 aromatic rings. The van der Waals surface area contributed by atoms with Crippen molar-refractivity contribution in [1.29, 1.82) is 0 Å². The molecule has 0 saturated carbocycles. The van der Waals surface area contributed by atoms with Gasteiger partial charge in [-0.15, -0.1) is 0 Å². The van der Waals surface area contributed by atoms with Crippen LogP contribution in [0.25, 0.3) is 11.4 Å². The number of hydrogen-bond donors (Lipinski definition) is 1. The third-order valence-corrected chi connectivity index (χ3v) is 4.23. The first kappa shape index (κ1) is 17.7. The predicted molar refractivity (Wildman–Crippen MR) is 104 cm³/mol. The highest BCUT2D eigenvalue weighted by Crippen LogP contribution is 2.16. The van der Waals surface area contributed by atoms with Gasteiger partial charge in [0.25, 0.3) is 0 Å². The van der Waals surface area contributed by atoms with E-state index in [-0.39, 0.29) is 12.3 Å². The minimum Gasteiger partial charge on any atom is -0.339 e. The lowest BCUT2D eigenvalue weighted by Gasteiger charge is -2.08. The molecule has 28 heavy (non-hydrogen) atoms. The van der Waals surface area contributed by atoms with Crippen molar-refractivity contribution in [2.45, 2.75) is 19.4 Å². The van der Waals surface area contributed by atoms with E-state index >= 15 is 0 Å². The van der Waals surface area contributed by atoms with Crippen molar-refractivity contribution in [3.63, 3.8) is 0 Å². The molecule has 0 aliphatic rings. The number of hydrogen-bond acceptors (Lipinski definition) is 5. The molecule has 140 valence electrons. The lowest BCUT2D eigenvalue weighted by molar-refractivity contribution is -0.116. The van der Waals surface area contributed by atoms with Crippen LogP contribution in [0.3, 0.4) is 0 Å². The summed E-state index contributed by atoms with van der Waals surface area (Å²) in [4.78, 5) is 16.7. The molecule has 4 rings (SSSR count). The highest BCUT2D eigenvalue weighted by molar-refractivity contribution is 5.89. The minimum atomic E-state index is -0.130. The second-order valence-electron chi connectivity index (χ2n) is 6.29. The molecule has 2 heterocycles. The minimum absolute atomic E-state index is 0.130. The fraction of sp³-hybridized carbons (Fsp3) is 0.143. The fourth-order valence-electron chi connectivity index (χ4n) is 2.81. The SMILES string of the molecule is O=C(CCc1nc(-c2ccccc2)no1)Nc1ccnn1Cc1ccccc1. The third kappa shape index (κ3) is 4.32. The van der Waals surface area contributed by atoms with Gasteiger partial charge in [0.2, 0.25) is 17.6 Å². The number of carbonyl (C=O) groups excluding carboxylic acids is 1. The summed E-state index contributed by atoms with van der Waals surface area (Å²) in [7, 11) is 0. The molecule has 0 saturated heterocycles. The highest BCUT2D eigenvalue weighted by Gasteiger charge is 2.12. The van der Waals surface area contributed by atoms with Crippen LogP contribution in [0.15, 0.2) is 77.4 Å². The third-order valence-electron chi connectivity index (χ3n) is 4.23. The first-order valence-corrected chi connectivity index (χ1v) is 9.01. The highest BCUT2D eigenvalue weighted by atomic mass is 16.5. The Morgan fingerprint density at radius 2 is 1.75 bits per heavy atom. The zero-order chi connectivity index (χ0) is 19.2. The van der Waals surface area contributed by atoms with Gasteiger partial charge in [-0.05, 0) is 5.56 Å². The topological polar surface area (TPSA) is 85.8 Å². The van der Waals surface area contributed by atoms with Crippen LogP contribution in [-0.4, -0.2) is 25.8 Å². The molecule has 0 fully saturated rings. The van der Waals surface area contributed by atoms with Gasteiger partial charge in [-0.25, -0.2) is 4.68 Å². The Bertz CT molecular complexity index is 1040. The molecule has 2 aromatic carbocycles. The second kappa shape index (κ2) is 8.30. The van der Waals surface area contributed by atoms with Crippen molar-refractivity contribution in [2.75, 3.05) is 5.32 Å². The lowest BCUT2D eigenvalue weighted by Crippen LogP contribution is -2.16. The van der Waals surface area contributed by atoms with Gasteiger partial charge in [0.15, 0.2) is 0 Å². The maximum absolute atomic E-state index is 12.3. The molecule has 0 unspecified atom stereocenters. The molecule has 0 aliphatic carbocycles. The van der Waals surface area contributed by atoms with Crippen molar-refractivity contribution in [2.24, 2.45) is 0 Å². The van der Waals surface area contributed by atoms with E-state index in [9.17, 15) is 4.79 Å². The average molecular weight is 373 g/mol. The van der Waals surface area contributed by atoms with Crippen molar-refractivity contribution < 1.29 is 9.32 Å². The molecular formula is C21H19N5O2. The summed E-state index contributed by atoms with van der Waals surface area (Å²) in [5, 5.41) is 11.1. The molecule has 0 bridgehead atoms. The number of rotatable bonds is 7. The summed E-state index contributed by atoms with van der Waals surface area (Å²) in [5.74, 6) is 1.49. The average Bonchev–Trinajstić information content (AvgIpc) is 3.38. The van der Waals surface area contributed by atoms with Crippen LogP contribution in [-0.2, 0) is 17.8 Å². The Balaban J connectivity index is 1.33. The summed E-state index contributed by atoms with van der Waals surface area (Å²) in [6.07, 6.45) is 2.29. The van der Waals surface area contributed by atoms with E-state index in [0.29, 0.717) is 30.5 Å². The number of anilines is 1. The van der Waals surface area contributed by atoms with Gasteiger partial charge in [0.05, 0.1) is 12.7 Å². The van der Waals surface area contributed by atoms with E-state index in [1.807, 2.05) is 60.7 Å². The Morgan fingerprint density at radius 3 is 2.54 bits per heavy atom. The Labute approximate surface area is 162 Å². The van der Waals surface area contributed by atoms with Gasteiger partial charge in [0.1, 0.15) is 5.82 Å². The van der Waals surface area contributed by atoms with Crippen molar-refractivity contribution >= 4 is 11.7 Å². The quantitative estimate of drug-likeness (QED) is 0.535. The number of nitrogens with one attached hydrogen (secondary N) is 1. The molecule has 1 amide bonds. The van der Waals surface area contributed by atoms with E-state index in [2.05, 4.69) is 20.6 Å². The van der Waals surface area contributed by atoms with E-state index in [4.69, 9.17) is 4.52 Å². The largest absolute Gasteiger partial charge is 0.339 e. The number of carbonyl (C=O) groups is 1. The molecule has 0 atom stereocenters. The van der Waals surface area contributed by atoms with E-state index < -0.39 is 0 Å². The molecule has 1 N–H and O–H groups in total. The molecule has 0 spiro atoms. The summed E-state index contributed by atoms with van der Waals surface area (Å²) >= 11 is 0. The first-order chi connectivity index (χ1) is 13.8. The Kier molecular flexibility index (Phi) is 5.24. The van der Waals surface area contributed by atoms with Gasteiger partial charge in [-0.2, -0.15) is 10.1 Å². The van der Waals surface area contributed by atoms with E-state index in [1.54, 1.807) is 16.9 Å². The van der Waals surface area contributed by atoms with Gasteiger partial charge >= 0.3 is 0 Å². The monoisotopic (exact) mass is 373 g/mol. The zero-order valence-corrected chi connectivity index (χ0v) is 15.2. The molecule has 7 heteroatoms. The van der Waals surface area contributed by atoms with Gasteiger partial charge in [-0.1, -0.05) is 65.8 Å². The predicted octanol–water partition coefficient (Wildman–Crippen LogP) is 3.55. The van der Waals surface area contributed by atoms with E-state index in [1.165, 1.54) is 0 Å². The zero-order valence-electron chi connectivity index (χ0n) is 15.2. The van der Waals surface area contributed by atoms with Crippen LogP contribution in [0.2, 0.25) is 0 Å².